The predicted molar refractivity (Wildman–Crippen MR) is 67.5 cm³/mol. The van der Waals surface area contributed by atoms with E-state index >= 15 is 0 Å². The van der Waals surface area contributed by atoms with E-state index < -0.39 is 17.6 Å². The van der Waals surface area contributed by atoms with Crippen LogP contribution in [0.5, 0.6) is 0 Å². The van der Waals surface area contributed by atoms with Gasteiger partial charge in [-0.2, -0.15) is 13.2 Å². The first-order valence-corrected chi connectivity index (χ1v) is 6.46. The highest BCUT2D eigenvalue weighted by atomic mass is 19.4. The maximum atomic E-state index is 12.7. The Hall–Kier alpha value is -1.76. The molecule has 20 heavy (non-hydrogen) atoms. The molecule has 3 rings (SSSR count). The third kappa shape index (κ3) is 2.22. The van der Waals surface area contributed by atoms with Gasteiger partial charge in [0.25, 0.3) is 5.91 Å². The van der Waals surface area contributed by atoms with E-state index in [0.717, 1.165) is 31.6 Å². The third-order valence-corrected chi connectivity index (χ3v) is 3.68. The largest absolute Gasteiger partial charge is 0.416 e. The fraction of sp³-hybridized carbons (Fsp3) is 0.462. The Labute approximate surface area is 113 Å². The third-order valence-electron chi connectivity index (χ3n) is 3.68. The van der Waals surface area contributed by atoms with Crippen LogP contribution in [0, 0.1) is 0 Å². The highest BCUT2D eigenvalue weighted by Crippen LogP contribution is 2.35. The first-order valence-electron chi connectivity index (χ1n) is 6.46. The van der Waals surface area contributed by atoms with Gasteiger partial charge in [-0.25, -0.2) is 0 Å². The molecule has 2 heterocycles. The number of carbonyl (C=O) groups excluding carboxylic acids is 1. The van der Waals surface area contributed by atoms with Crippen molar-refractivity contribution in [3.05, 3.63) is 29.3 Å². The molecule has 1 saturated heterocycles. The van der Waals surface area contributed by atoms with Crippen molar-refractivity contribution in [1.29, 1.82) is 0 Å². The molecule has 108 valence electrons. The fourth-order valence-electron chi connectivity index (χ4n) is 2.69. The Morgan fingerprint density at radius 2 is 2.05 bits per heavy atom. The number of benzene rings is 1. The molecule has 1 fully saturated rings. The van der Waals surface area contributed by atoms with E-state index in [1.54, 1.807) is 0 Å². The van der Waals surface area contributed by atoms with Crippen LogP contribution in [-0.2, 0) is 6.18 Å². The normalized spacial score (nSPS) is 22.6. The van der Waals surface area contributed by atoms with E-state index in [9.17, 15) is 18.0 Å². The summed E-state index contributed by atoms with van der Waals surface area (Å²) in [6.45, 7) is 2.17. The molecule has 0 bridgehead atoms. The fourth-order valence-corrected chi connectivity index (χ4v) is 2.69. The Morgan fingerprint density at radius 3 is 2.80 bits per heavy atom. The molecular weight excluding hydrogens is 271 g/mol. The van der Waals surface area contributed by atoms with Crippen molar-refractivity contribution in [3.63, 3.8) is 0 Å². The van der Waals surface area contributed by atoms with E-state index in [1.807, 2.05) is 4.90 Å². The summed E-state index contributed by atoms with van der Waals surface area (Å²) in [5.41, 5.74) is -0.119. The molecule has 1 aromatic carbocycles. The number of rotatable bonds is 0. The van der Waals surface area contributed by atoms with Crippen molar-refractivity contribution in [1.82, 2.24) is 10.6 Å². The first kappa shape index (κ1) is 13.2. The van der Waals surface area contributed by atoms with Gasteiger partial charge in [-0.3, -0.25) is 4.79 Å². The highest BCUT2D eigenvalue weighted by molar-refractivity contribution is 6.02. The summed E-state index contributed by atoms with van der Waals surface area (Å²) < 4.78 is 38.2. The predicted octanol–water partition coefficient (Wildman–Crippen LogP) is 1.57. The van der Waals surface area contributed by atoms with E-state index in [4.69, 9.17) is 0 Å². The number of carbonyl (C=O) groups is 1. The molecule has 0 aliphatic carbocycles. The van der Waals surface area contributed by atoms with E-state index in [0.29, 0.717) is 12.2 Å². The zero-order chi connectivity index (χ0) is 14.3. The Balaban J connectivity index is 2.03. The molecule has 0 unspecified atom stereocenters. The second-order valence-corrected chi connectivity index (χ2v) is 4.95. The summed E-state index contributed by atoms with van der Waals surface area (Å²) in [4.78, 5) is 14.0. The van der Waals surface area contributed by atoms with Gasteiger partial charge in [0.1, 0.15) is 6.17 Å². The second kappa shape index (κ2) is 4.66. The minimum atomic E-state index is -4.44. The molecule has 0 spiro atoms. The molecule has 1 amide bonds. The molecule has 4 nitrogen and oxygen atoms in total. The van der Waals surface area contributed by atoms with Crippen LogP contribution in [0.1, 0.15) is 22.3 Å². The first-order chi connectivity index (χ1) is 9.47. The molecular formula is C13H14F3N3O. The SMILES string of the molecule is O=C1N[C@@H]2CCNCCN2c2ccc(C(F)(F)F)cc21. The van der Waals surface area contributed by atoms with Gasteiger partial charge in [0.2, 0.25) is 0 Å². The van der Waals surface area contributed by atoms with Crippen LogP contribution < -0.4 is 15.5 Å². The summed E-state index contributed by atoms with van der Waals surface area (Å²) >= 11 is 0. The van der Waals surface area contributed by atoms with Gasteiger partial charge in [0, 0.05) is 13.1 Å². The molecule has 0 saturated carbocycles. The lowest BCUT2D eigenvalue weighted by molar-refractivity contribution is -0.137. The topological polar surface area (TPSA) is 44.4 Å². The summed E-state index contributed by atoms with van der Waals surface area (Å²) in [5, 5.41) is 5.98. The highest BCUT2D eigenvalue weighted by Gasteiger charge is 2.36. The minimum absolute atomic E-state index is 0.0953. The summed E-state index contributed by atoms with van der Waals surface area (Å²) in [5.74, 6) is -0.436. The van der Waals surface area contributed by atoms with Crippen molar-refractivity contribution in [3.8, 4) is 0 Å². The molecule has 2 aliphatic heterocycles. The molecule has 1 atom stereocenters. The van der Waals surface area contributed by atoms with Crippen molar-refractivity contribution in [2.24, 2.45) is 0 Å². The van der Waals surface area contributed by atoms with Gasteiger partial charge >= 0.3 is 6.18 Å². The van der Waals surface area contributed by atoms with Gasteiger partial charge in [-0.05, 0) is 31.2 Å². The zero-order valence-corrected chi connectivity index (χ0v) is 10.6. The Bertz CT molecular complexity index is 544. The number of nitrogens with zero attached hydrogens (tertiary/aromatic N) is 1. The summed E-state index contributed by atoms with van der Waals surface area (Å²) in [6.07, 6.45) is -3.86. The van der Waals surface area contributed by atoms with E-state index in [-0.39, 0.29) is 11.7 Å². The molecule has 7 heteroatoms. The van der Waals surface area contributed by atoms with Crippen LogP contribution in [0.15, 0.2) is 18.2 Å². The number of amides is 1. The number of nitrogens with one attached hydrogen (secondary N) is 2. The van der Waals surface area contributed by atoms with E-state index in [1.165, 1.54) is 6.07 Å². The van der Waals surface area contributed by atoms with Gasteiger partial charge in [0.05, 0.1) is 16.8 Å². The maximum absolute atomic E-state index is 12.7. The number of hydrogen-bond acceptors (Lipinski definition) is 3. The number of alkyl halides is 3. The molecule has 1 aromatic rings. The smallest absolute Gasteiger partial charge is 0.349 e. The molecule has 2 aliphatic rings. The number of anilines is 1. The van der Waals surface area contributed by atoms with Crippen molar-refractivity contribution < 1.29 is 18.0 Å². The van der Waals surface area contributed by atoms with Crippen LogP contribution in [-0.4, -0.2) is 31.7 Å². The van der Waals surface area contributed by atoms with Gasteiger partial charge < -0.3 is 15.5 Å². The molecule has 0 aromatic heterocycles. The maximum Gasteiger partial charge on any atom is 0.416 e. The Kier molecular flexibility index (Phi) is 3.08. The minimum Gasteiger partial charge on any atom is -0.349 e. The quantitative estimate of drug-likeness (QED) is 0.760. The van der Waals surface area contributed by atoms with Crippen LogP contribution in [0.4, 0.5) is 18.9 Å². The lowest BCUT2D eigenvalue weighted by Crippen LogP contribution is -2.53. The monoisotopic (exact) mass is 285 g/mol. The molecule has 2 N–H and O–H groups in total. The van der Waals surface area contributed by atoms with Crippen molar-refractivity contribution in [2.75, 3.05) is 24.5 Å². The van der Waals surface area contributed by atoms with Crippen LogP contribution in [0.2, 0.25) is 0 Å². The average molecular weight is 285 g/mol. The zero-order valence-electron chi connectivity index (χ0n) is 10.6. The number of fused-ring (bicyclic) bond motifs is 3. The number of halogens is 3. The van der Waals surface area contributed by atoms with Crippen LogP contribution >= 0.6 is 0 Å². The standard InChI is InChI=1S/C13H14F3N3O/c14-13(15,16)8-1-2-10-9(7-8)12(20)18-11-3-4-17-5-6-19(10)11/h1-2,7,11,17H,3-6H2,(H,18,20)/t11-/m0/s1. The van der Waals surface area contributed by atoms with Gasteiger partial charge in [-0.1, -0.05) is 0 Å². The van der Waals surface area contributed by atoms with E-state index in [2.05, 4.69) is 10.6 Å². The number of hydrogen-bond donors (Lipinski definition) is 2. The van der Waals surface area contributed by atoms with Gasteiger partial charge in [0.15, 0.2) is 0 Å². The summed E-state index contributed by atoms with van der Waals surface area (Å²) in [7, 11) is 0. The van der Waals surface area contributed by atoms with Crippen LogP contribution in [0.25, 0.3) is 0 Å². The lowest BCUT2D eigenvalue weighted by Gasteiger charge is -2.37. The van der Waals surface area contributed by atoms with Gasteiger partial charge in [-0.15, -0.1) is 0 Å². The summed E-state index contributed by atoms with van der Waals surface area (Å²) in [6, 6.07) is 3.36. The Morgan fingerprint density at radius 1 is 1.25 bits per heavy atom. The second-order valence-electron chi connectivity index (χ2n) is 4.95. The lowest BCUT2D eigenvalue weighted by atomic mass is 10.0. The molecule has 0 radical (unpaired) electrons. The van der Waals surface area contributed by atoms with Crippen LogP contribution in [0.3, 0.4) is 0 Å². The van der Waals surface area contributed by atoms with Crippen molar-refractivity contribution >= 4 is 11.6 Å². The van der Waals surface area contributed by atoms with Crippen molar-refractivity contribution in [2.45, 2.75) is 18.8 Å². The average Bonchev–Trinajstić information content (AvgIpc) is 2.62.